The molecule has 0 fully saturated rings. The Hall–Kier alpha value is -3.46. The Morgan fingerprint density at radius 3 is 2.81 bits per heavy atom. The third-order valence-electron chi connectivity index (χ3n) is 4.51. The highest BCUT2D eigenvalue weighted by atomic mass is 16.5. The van der Waals surface area contributed by atoms with Gasteiger partial charge in [-0.15, -0.1) is 0 Å². The van der Waals surface area contributed by atoms with Crippen LogP contribution in [0.2, 0.25) is 0 Å². The third-order valence-corrected chi connectivity index (χ3v) is 4.51. The van der Waals surface area contributed by atoms with Crippen LogP contribution >= 0.6 is 0 Å². The highest BCUT2D eigenvalue weighted by Crippen LogP contribution is 2.32. The Labute approximate surface area is 150 Å². The number of aromatic nitrogens is 1. The summed E-state index contributed by atoms with van der Waals surface area (Å²) in [6.45, 7) is 2.23. The minimum absolute atomic E-state index is 0.164. The van der Waals surface area contributed by atoms with E-state index in [1.807, 2.05) is 36.4 Å². The number of fused-ring (bicyclic) bond motifs is 1. The number of nitrogens with zero attached hydrogens (tertiary/aromatic N) is 2. The van der Waals surface area contributed by atoms with Crippen LogP contribution in [0.3, 0.4) is 0 Å². The highest BCUT2D eigenvalue weighted by molar-refractivity contribution is 5.98. The second-order valence-electron chi connectivity index (χ2n) is 6.12. The number of carbonyl (C=O) groups is 1. The minimum atomic E-state index is -0.317. The predicted octanol–water partition coefficient (Wildman–Crippen LogP) is 3.50. The first-order valence-corrected chi connectivity index (χ1v) is 8.38. The molecule has 6 heteroatoms. The van der Waals surface area contributed by atoms with E-state index in [0.717, 1.165) is 11.3 Å². The molecule has 1 N–H and O–H groups in total. The fraction of sp³-hybridized carbons (Fsp3) is 0.200. The number of para-hydroxylation sites is 1. The standard InChI is InChI=1S/C20H17N3O3/c1-13-18(15(12-21)20(26-13)23-9-4-5-10-23)19(24)22-16-8-11-25-17-7-3-2-6-14(16)17/h2-7,9-10,16H,8,11H2,1H3,(H,22,24)/t16-/m1/s1. The molecule has 0 radical (unpaired) electrons. The molecule has 6 nitrogen and oxygen atoms in total. The summed E-state index contributed by atoms with van der Waals surface area (Å²) in [5, 5.41) is 12.6. The van der Waals surface area contributed by atoms with Gasteiger partial charge in [0.05, 0.1) is 12.6 Å². The molecule has 1 amide bonds. The van der Waals surface area contributed by atoms with Crippen molar-refractivity contribution in [3.05, 3.63) is 71.2 Å². The predicted molar refractivity (Wildman–Crippen MR) is 94.2 cm³/mol. The zero-order valence-corrected chi connectivity index (χ0v) is 14.2. The summed E-state index contributed by atoms with van der Waals surface area (Å²) < 4.78 is 13.0. The van der Waals surface area contributed by atoms with Gasteiger partial charge in [0, 0.05) is 24.4 Å². The second-order valence-corrected chi connectivity index (χ2v) is 6.12. The Bertz CT molecular complexity index is 996. The summed E-state index contributed by atoms with van der Waals surface area (Å²) in [5.41, 5.74) is 1.45. The number of nitrogens with one attached hydrogen (secondary N) is 1. The number of hydrogen-bond acceptors (Lipinski definition) is 4. The Balaban J connectivity index is 1.67. The van der Waals surface area contributed by atoms with E-state index in [9.17, 15) is 10.1 Å². The molecule has 0 aliphatic carbocycles. The normalized spacial score (nSPS) is 15.6. The molecular formula is C20H17N3O3. The first-order valence-electron chi connectivity index (χ1n) is 8.38. The summed E-state index contributed by atoms with van der Waals surface area (Å²) >= 11 is 0. The van der Waals surface area contributed by atoms with Crippen molar-refractivity contribution in [2.24, 2.45) is 0 Å². The van der Waals surface area contributed by atoms with E-state index in [1.165, 1.54) is 0 Å². The lowest BCUT2D eigenvalue weighted by atomic mass is 10.00. The van der Waals surface area contributed by atoms with Crippen LogP contribution in [0.25, 0.3) is 5.88 Å². The largest absolute Gasteiger partial charge is 0.493 e. The van der Waals surface area contributed by atoms with Gasteiger partial charge in [0.15, 0.2) is 0 Å². The van der Waals surface area contributed by atoms with Crippen LogP contribution < -0.4 is 10.1 Å². The first kappa shape index (κ1) is 16.0. The van der Waals surface area contributed by atoms with Crippen LogP contribution in [-0.2, 0) is 0 Å². The fourth-order valence-electron chi connectivity index (χ4n) is 3.28. The average Bonchev–Trinajstić information content (AvgIpc) is 3.29. The molecular weight excluding hydrogens is 330 g/mol. The van der Waals surface area contributed by atoms with Gasteiger partial charge in [-0.1, -0.05) is 18.2 Å². The van der Waals surface area contributed by atoms with Crippen molar-refractivity contribution in [3.8, 4) is 17.7 Å². The first-order chi connectivity index (χ1) is 12.7. The third kappa shape index (κ3) is 2.64. The zero-order valence-electron chi connectivity index (χ0n) is 14.2. The van der Waals surface area contributed by atoms with Crippen molar-refractivity contribution in [2.45, 2.75) is 19.4 Å². The van der Waals surface area contributed by atoms with Crippen LogP contribution in [0.15, 0.2) is 53.2 Å². The van der Waals surface area contributed by atoms with Crippen LogP contribution in [0.5, 0.6) is 5.75 Å². The molecule has 0 unspecified atom stereocenters. The summed E-state index contributed by atoms with van der Waals surface area (Å²) in [6.07, 6.45) is 4.22. The number of nitriles is 1. The van der Waals surface area contributed by atoms with Crippen LogP contribution in [-0.4, -0.2) is 17.1 Å². The molecule has 0 saturated carbocycles. The fourth-order valence-corrected chi connectivity index (χ4v) is 3.28. The number of rotatable bonds is 3. The number of amides is 1. The molecule has 0 saturated heterocycles. The van der Waals surface area contributed by atoms with Crippen LogP contribution in [0.1, 0.15) is 39.7 Å². The van der Waals surface area contributed by atoms with Gasteiger partial charge in [0.2, 0.25) is 5.88 Å². The van der Waals surface area contributed by atoms with Crippen molar-refractivity contribution in [1.82, 2.24) is 9.88 Å². The number of aryl methyl sites for hydroxylation is 1. The molecule has 0 bridgehead atoms. The smallest absolute Gasteiger partial charge is 0.256 e. The van der Waals surface area contributed by atoms with Crippen molar-refractivity contribution in [3.63, 3.8) is 0 Å². The van der Waals surface area contributed by atoms with Crippen molar-refractivity contribution >= 4 is 5.91 Å². The number of hydrogen-bond donors (Lipinski definition) is 1. The summed E-state index contributed by atoms with van der Waals surface area (Å²) in [6, 6.07) is 13.3. The van der Waals surface area contributed by atoms with E-state index < -0.39 is 0 Å². The van der Waals surface area contributed by atoms with Gasteiger partial charge in [-0.05, 0) is 25.1 Å². The highest BCUT2D eigenvalue weighted by Gasteiger charge is 2.28. The molecule has 3 heterocycles. The summed E-state index contributed by atoms with van der Waals surface area (Å²) in [7, 11) is 0. The quantitative estimate of drug-likeness (QED) is 0.786. The topological polar surface area (TPSA) is 80.2 Å². The summed E-state index contributed by atoms with van der Waals surface area (Å²) in [5.74, 6) is 1.24. The van der Waals surface area contributed by atoms with E-state index in [4.69, 9.17) is 9.15 Å². The monoisotopic (exact) mass is 347 g/mol. The lowest BCUT2D eigenvalue weighted by Gasteiger charge is -2.26. The molecule has 3 aromatic rings. The maximum atomic E-state index is 12.9. The molecule has 1 aromatic carbocycles. The Morgan fingerprint density at radius 1 is 1.27 bits per heavy atom. The van der Waals surface area contributed by atoms with Gasteiger partial charge in [0.25, 0.3) is 5.91 Å². The van der Waals surface area contributed by atoms with E-state index in [-0.39, 0.29) is 23.1 Å². The molecule has 2 aromatic heterocycles. The molecule has 26 heavy (non-hydrogen) atoms. The van der Waals surface area contributed by atoms with Crippen LogP contribution in [0.4, 0.5) is 0 Å². The average molecular weight is 347 g/mol. The van der Waals surface area contributed by atoms with Crippen molar-refractivity contribution in [1.29, 1.82) is 5.26 Å². The molecule has 4 rings (SSSR count). The Kier molecular flexibility index (Phi) is 3.98. The molecule has 1 aliphatic heterocycles. The van der Waals surface area contributed by atoms with Gasteiger partial charge >= 0.3 is 0 Å². The maximum Gasteiger partial charge on any atom is 0.256 e. The van der Waals surface area contributed by atoms with E-state index in [1.54, 1.807) is 23.9 Å². The van der Waals surface area contributed by atoms with E-state index >= 15 is 0 Å². The van der Waals surface area contributed by atoms with Crippen molar-refractivity contribution < 1.29 is 13.9 Å². The zero-order chi connectivity index (χ0) is 18.1. The number of ether oxygens (including phenoxy) is 1. The molecule has 1 atom stereocenters. The number of carbonyl (C=O) groups excluding carboxylic acids is 1. The molecule has 130 valence electrons. The van der Waals surface area contributed by atoms with E-state index in [2.05, 4.69) is 11.4 Å². The lowest BCUT2D eigenvalue weighted by molar-refractivity contribution is 0.0923. The van der Waals surface area contributed by atoms with Gasteiger partial charge < -0.3 is 14.5 Å². The van der Waals surface area contributed by atoms with Gasteiger partial charge in [-0.2, -0.15) is 5.26 Å². The second kappa shape index (κ2) is 6.45. The Morgan fingerprint density at radius 2 is 2.04 bits per heavy atom. The van der Waals surface area contributed by atoms with Crippen molar-refractivity contribution in [2.75, 3.05) is 6.61 Å². The molecule has 0 spiro atoms. The summed E-state index contributed by atoms with van der Waals surface area (Å²) in [4.78, 5) is 12.9. The van der Waals surface area contributed by atoms with E-state index in [0.29, 0.717) is 24.7 Å². The van der Waals surface area contributed by atoms with Gasteiger partial charge in [0.1, 0.15) is 28.7 Å². The molecule has 1 aliphatic rings. The number of benzene rings is 1. The lowest BCUT2D eigenvalue weighted by Crippen LogP contribution is -2.32. The maximum absolute atomic E-state index is 12.9. The SMILES string of the molecule is Cc1oc(-n2cccc2)c(C#N)c1C(=O)N[C@@H]1CCOc2ccccc21. The van der Waals surface area contributed by atoms with Gasteiger partial charge in [-0.25, -0.2) is 0 Å². The van der Waals surface area contributed by atoms with Crippen LogP contribution in [0, 0.1) is 18.3 Å². The minimum Gasteiger partial charge on any atom is -0.493 e. The number of furan rings is 1. The van der Waals surface area contributed by atoms with Gasteiger partial charge in [-0.3, -0.25) is 9.36 Å².